The maximum atomic E-state index is 13.1. The number of hydrogen-bond donors (Lipinski definition) is 2. The molecule has 9 nitrogen and oxygen atoms in total. The van der Waals surface area contributed by atoms with Gasteiger partial charge in [-0.15, -0.1) is 0 Å². The van der Waals surface area contributed by atoms with E-state index in [1.54, 1.807) is 36.6 Å². The number of nitrogens with two attached hydrogens (primary N) is 1. The van der Waals surface area contributed by atoms with Crippen molar-refractivity contribution in [3.8, 4) is 6.07 Å². The average Bonchev–Trinajstić information content (AvgIpc) is 3.68. The van der Waals surface area contributed by atoms with Gasteiger partial charge in [-0.1, -0.05) is 24.3 Å². The van der Waals surface area contributed by atoms with Gasteiger partial charge in [0.25, 0.3) is 0 Å². The summed E-state index contributed by atoms with van der Waals surface area (Å²) in [4.78, 5) is 36.0. The summed E-state index contributed by atoms with van der Waals surface area (Å²) in [6.45, 7) is 1.54. The van der Waals surface area contributed by atoms with Gasteiger partial charge in [-0.25, -0.2) is 4.98 Å². The highest BCUT2D eigenvalue weighted by atomic mass is 16.5. The summed E-state index contributed by atoms with van der Waals surface area (Å²) in [7, 11) is 1.62. The topological polar surface area (TPSA) is 134 Å². The van der Waals surface area contributed by atoms with E-state index in [2.05, 4.69) is 21.4 Å². The first kappa shape index (κ1) is 25.1. The number of nitriles is 1. The Morgan fingerprint density at radius 2 is 2.22 bits per heavy atom. The number of nitrogens with zero attached hydrogens (tertiary/aromatic N) is 4. The van der Waals surface area contributed by atoms with E-state index in [4.69, 9.17) is 10.5 Å². The molecule has 1 aliphatic carbocycles. The molecule has 0 unspecified atom stereocenters. The monoisotopic (exact) mass is 486 g/mol. The van der Waals surface area contributed by atoms with Crippen LogP contribution in [0.2, 0.25) is 0 Å². The first-order chi connectivity index (χ1) is 17.5. The summed E-state index contributed by atoms with van der Waals surface area (Å²) in [5.41, 5.74) is 7.91. The quantitative estimate of drug-likeness (QED) is 0.392. The highest BCUT2D eigenvalue weighted by molar-refractivity contribution is 6.09. The first-order valence-electron chi connectivity index (χ1n) is 12.0. The lowest BCUT2D eigenvalue weighted by Gasteiger charge is -2.21. The van der Waals surface area contributed by atoms with Crippen molar-refractivity contribution < 1.29 is 14.3 Å². The number of allylic oxidation sites excluding steroid dienone is 1. The molecule has 1 aromatic carbocycles. The predicted molar refractivity (Wildman–Crippen MR) is 138 cm³/mol. The SMILES string of the molecule is COCCN=CC(=CN)c1cccc(CC(=O)Nc2cc(N3CC[C@@](C#N)(C4CC4)C3=O)ccn2)c1. The van der Waals surface area contributed by atoms with E-state index in [1.807, 2.05) is 24.3 Å². The fourth-order valence-electron chi connectivity index (χ4n) is 4.54. The molecular formula is C27H30N6O3. The van der Waals surface area contributed by atoms with Gasteiger partial charge in [0.2, 0.25) is 11.8 Å². The maximum Gasteiger partial charge on any atom is 0.247 e. The van der Waals surface area contributed by atoms with Gasteiger partial charge in [0.15, 0.2) is 0 Å². The molecule has 2 aliphatic rings. The van der Waals surface area contributed by atoms with Gasteiger partial charge in [0.05, 0.1) is 25.6 Å². The third-order valence-electron chi connectivity index (χ3n) is 6.61. The third-order valence-corrected chi connectivity index (χ3v) is 6.61. The molecule has 0 bridgehead atoms. The molecular weight excluding hydrogens is 456 g/mol. The Hall–Kier alpha value is -4.03. The van der Waals surface area contributed by atoms with E-state index >= 15 is 0 Å². The van der Waals surface area contributed by atoms with Crippen LogP contribution < -0.4 is 16.0 Å². The molecule has 186 valence electrons. The Bertz CT molecular complexity index is 1230. The number of amides is 2. The van der Waals surface area contributed by atoms with Gasteiger partial charge in [0.1, 0.15) is 11.2 Å². The zero-order valence-electron chi connectivity index (χ0n) is 20.3. The Labute approximate surface area is 210 Å². The fraction of sp³-hybridized carbons (Fsp3) is 0.370. The van der Waals surface area contributed by atoms with E-state index in [1.165, 1.54) is 6.20 Å². The lowest BCUT2D eigenvalue weighted by atomic mass is 9.83. The third kappa shape index (κ3) is 5.44. The number of nitrogens with one attached hydrogen (secondary N) is 1. The molecule has 1 saturated carbocycles. The average molecular weight is 487 g/mol. The van der Waals surface area contributed by atoms with E-state index < -0.39 is 5.41 Å². The molecule has 3 N–H and O–H groups in total. The Balaban J connectivity index is 1.41. The van der Waals surface area contributed by atoms with Gasteiger partial charge in [-0.3, -0.25) is 14.6 Å². The summed E-state index contributed by atoms with van der Waals surface area (Å²) in [6.07, 6.45) is 7.25. The maximum absolute atomic E-state index is 13.1. The van der Waals surface area contributed by atoms with Gasteiger partial charge in [0, 0.05) is 49.6 Å². The van der Waals surface area contributed by atoms with Crippen molar-refractivity contribution in [1.29, 1.82) is 5.26 Å². The van der Waals surface area contributed by atoms with Crippen molar-refractivity contribution in [1.82, 2.24) is 4.98 Å². The second-order valence-electron chi connectivity index (χ2n) is 9.04. The number of carbonyl (C=O) groups excluding carboxylic acids is 2. The lowest BCUT2D eigenvalue weighted by Crippen LogP contribution is -2.35. The molecule has 2 heterocycles. The van der Waals surface area contributed by atoms with Crippen LogP contribution in [0.4, 0.5) is 11.5 Å². The van der Waals surface area contributed by atoms with Crippen molar-refractivity contribution in [2.75, 3.05) is 37.0 Å². The van der Waals surface area contributed by atoms with Crippen LogP contribution >= 0.6 is 0 Å². The molecule has 1 atom stereocenters. The smallest absolute Gasteiger partial charge is 0.247 e. The van der Waals surface area contributed by atoms with Gasteiger partial charge in [-0.2, -0.15) is 5.26 Å². The minimum Gasteiger partial charge on any atom is -0.404 e. The number of pyridine rings is 1. The largest absolute Gasteiger partial charge is 0.404 e. The van der Waals surface area contributed by atoms with Crippen LogP contribution in [0.1, 0.15) is 30.4 Å². The number of benzene rings is 1. The van der Waals surface area contributed by atoms with E-state index in [0.717, 1.165) is 29.5 Å². The summed E-state index contributed by atoms with van der Waals surface area (Å²) in [5.74, 6) is 0.126. The number of aliphatic imine (C=N–C) groups is 1. The normalized spacial score (nSPS) is 20.1. The molecule has 1 saturated heterocycles. The van der Waals surface area contributed by atoms with Crippen LogP contribution in [0.15, 0.2) is 53.8 Å². The van der Waals surface area contributed by atoms with Crippen LogP contribution in [0, 0.1) is 22.7 Å². The minimum absolute atomic E-state index is 0.139. The molecule has 9 heteroatoms. The first-order valence-corrected chi connectivity index (χ1v) is 12.0. The second kappa shape index (κ2) is 11.1. The van der Waals surface area contributed by atoms with E-state index in [0.29, 0.717) is 37.6 Å². The lowest BCUT2D eigenvalue weighted by molar-refractivity contribution is -0.123. The van der Waals surface area contributed by atoms with Crippen LogP contribution in [0.5, 0.6) is 0 Å². The van der Waals surface area contributed by atoms with Crippen LogP contribution in [-0.2, 0) is 20.7 Å². The summed E-state index contributed by atoms with van der Waals surface area (Å²) in [5, 5.41) is 12.5. The second-order valence-corrected chi connectivity index (χ2v) is 9.04. The van der Waals surface area contributed by atoms with Crippen molar-refractivity contribution in [3.63, 3.8) is 0 Å². The summed E-state index contributed by atoms with van der Waals surface area (Å²) >= 11 is 0. The number of ether oxygens (including phenoxy) is 1. The minimum atomic E-state index is -0.914. The molecule has 0 spiro atoms. The number of aromatic nitrogens is 1. The fourth-order valence-corrected chi connectivity index (χ4v) is 4.54. The van der Waals surface area contributed by atoms with E-state index in [9.17, 15) is 14.9 Å². The number of methoxy groups -OCH3 is 1. The molecule has 2 aromatic rings. The molecule has 1 aromatic heterocycles. The molecule has 36 heavy (non-hydrogen) atoms. The molecule has 1 aliphatic heterocycles. The van der Waals surface area contributed by atoms with Crippen molar-refractivity contribution in [2.24, 2.45) is 22.1 Å². The van der Waals surface area contributed by atoms with Crippen LogP contribution in [0.3, 0.4) is 0 Å². The zero-order valence-corrected chi connectivity index (χ0v) is 20.3. The zero-order chi connectivity index (χ0) is 25.5. The summed E-state index contributed by atoms with van der Waals surface area (Å²) < 4.78 is 5.00. The van der Waals surface area contributed by atoms with Crippen LogP contribution in [0.25, 0.3) is 5.57 Å². The standard InChI is InChI=1S/C27H30N6O3/c1-36-12-10-30-17-21(16-28)20-4-2-3-19(13-20)14-25(34)32-24-15-23(7-9-31-24)33-11-8-27(18-29,26(33)35)22-5-6-22/h2-4,7,9,13,15-17,22H,5-6,8,10-12,14,28H2,1H3,(H,31,32,34)/t27-/m1/s1. The van der Waals surface area contributed by atoms with Crippen molar-refractivity contribution in [3.05, 3.63) is 59.9 Å². The van der Waals surface area contributed by atoms with Gasteiger partial charge < -0.3 is 20.7 Å². The summed E-state index contributed by atoms with van der Waals surface area (Å²) in [6, 6.07) is 13.2. The molecule has 2 fully saturated rings. The Morgan fingerprint density at radius 3 is 2.94 bits per heavy atom. The molecule has 0 radical (unpaired) electrons. The van der Waals surface area contributed by atoms with Gasteiger partial charge in [-0.05, 0) is 42.4 Å². The molecule has 2 amide bonds. The van der Waals surface area contributed by atoms with Gasteiger partial charge >= 0.3 is 0 Å². The number of carbonyl (C=O) groups is 2. The molecule has 4 rings (SSSR count). The number of anilines is 2. The highest BCUT2D eigenvalue weighted by Crippen LogP contribution is 2.51. The highest BCUT2D eigenvalue weighted by Gasteiger charge is 2.56. The van der Waals surface area contributed by atoms with Crippen molar-refractivity contribution in [2.45, 2.75) is 25.7 Å². The Morgan fingerprint density at radius 1 is 1.39 bits per heavy atom. The van der Waals surface area contributed by atoms with Crippen LogP contribution in [-0.4, -0.2) is 49.8 Å². The predicted octanol–water partition coefficient (Wildman–Crippen LogP) is 2.94. The van der Waals surface area contributed by atoms with E-state index in [-0.39, 0.29) is 24.2 Å². The Kier molecular flexibility index (Phi) is 7.76. The van der Waals surface area contributed by atoms with Crippen molar-refractivity contribution >= 4 is 35.1 Å². The number of rotatable bonds is 10. The number of hydrogen-bond acceptors (Lipinski definition) is 7.